The van der Waals surface area contributed by atoms with Crippen molar-refractivity contribution in [1.82, 2.24) is 20.4 Å². The SMILES string of the molecule is CCOC(=O)[C@@](C)(NC(=O)C1CC1)NC(=O)[C@@H]1CCCN(C(=O)CCC2CCN(C(=O)OCc3ccccc3)CC2)C1. The minimum absolute atomic E-state index is 0.00684. The van der Waals surface area contributed by atoms with Gasteiger partial charge >= 0.3 is 12.1 Å². The molecule has 11 nitrogen and oxygen atoms in total. The van der Waals surface area contributed by atoms with Gasteiger partial charge in [0.25, 0.3) is 0 Å². The molecule has 2 saturated heterocycles. The normalized spacial score (nSPS) is 20.7. The van der Waals surface area contributed by atoms with Crippen LogP contribution in [0.15, 0.2) is 30.3 Å². The third-order valence-electron chi connectivity index (χ3n) is 8.37. The molecule has 2 N–H and O–H groups in total. The molecule has 3 aliphatic rings. The molecule has 1 saturated carbocycles. The van der Waals surface area contributed by atoms with Crippen LogP contribution in [0.2, 0.25) is 0 Å². The molecular weight excluding hydrogens is 540 g/mol. The highest BCUT2D eigenvalue weighted by Gasteiger charge is 2.43. The Hall–Kier alpha value is -3.63. The van der Waals surface area contributed by atoms with Gasteiger partial charge in [-0.2, -0.15) is 0 Å². The van der Waals surface area contributed by atoms with E-state index in [1.807, 2.05) is 30.3 Å². The van der Waals surface area contributed by atoms with Crippen LogP contribution in [0.25, 0.3) is 0 Å². The summed E-state index contributed by atoms with van der Waals surface area (Å²) < 4.78 is 10.6. The van der Waals surface area contributed by atoms with Crippen LogP contribution in [0.3, 0.4) is 0 Å². The van der Waals surface area contributed by atoms with Gasteiger partial charge in [-0.05, 0) is 70.3 Å². The highest BCUT2D eigenvalue weighted by molar-refractivity contribution is 5.93. The van der Waals surface area contributed by atoms with E-state index in [2.05, 4.69) is 10.6 Å². The van der Waals surface area contributed by atoms with E-state index in [0.29, 0.717) is 44.8 Å². The maximum atomic E-state index is 13.2. The summed E-state index contributed by atoms with van der Waals surface area (Å²) in [7, 11) is 0. The van der Waals surface area contributed by atoms with E-state index < -0.39 is 17.6 Å². The number of carbonyl (C=O) groups is 5. The number of likely N-dealkylation sites (tertiary alicyclic amines) is 2. The first-order chi connectivity index (χ1) is 20.2. The van der Waals surface area contributed by atoms with Gasteiger partial charge in [0, 0.05) is 38.5 Å². The molecule has 0 radical (unpaired) electrons. The monoisotopic (exact) mass is 584 g/mol. The van der Waals surface area contributed by atoms with Crippen molar-refractivity contribution in [1.29, 1.82) is 0 Å². The Morgan fingerprint density at radius 2 is 1.52 bits per heavy atom. The number of nitrogens with one attached hydrogen (secondary N) is 2. The third kappa shape index (κ3) is 8.69. The van der Waals surface area contributed by atoms with Crippen LogP contribution in [-0.4, -0.2) is 78.0 Å². The second-order valence-electron chi connectivity index (χ2n) is 11.8. The molecule has 4 rings (SSSR count). The van der Waals surface area contributed by atoms with Crippen LogP contribution >= 0.6 is 0 Å². The van der Waals surface area contributed by atoms with Gasteiger partial charge in [0.05, 0.1) is 12.5 Å². The zero-order valence-corrected chi connectivity index (χ0v) is 24.8. The Labute approximate surface area is 247 Å². The zero-order chi connectivity index (χ0) is 30.1. The predicted molar refractivity (Wildman–Crippen MR) is 154 cm³/mol. The number of piperidine rings is 2. The maximum absolute atomic E-state index is 13.2. The number of carbonyl (C=O) groups excluding carboxylic acids is 5. The fourth-order valence-electron chi connectivity index (χ4n) is 5.57. The molecule has 3 fully saturated rings. The van der Waals surface area contributed by atoms with E-state index in [9.17, 15) is 24.0 Å². The Balaban J connectivity index is 1.20. The van der Waals surface area contributed by atoms with Crippen molar-refractivity contribution in [3.05, 3.63) is 35.9 Å². The van der Waals surface area contributed by atoms with Crippen molar-refractivity contribution in [2.45, 2.75) is 77.5 Å². The standard InChI is InChI=1S/C31H44N4O7/c1-3-41-29(39)31(2,32-27(37)24-12-13-24)33-28(38)25-10-7-17-35(20-25)26(36)14-11-22-15-18-34(19-16-22)30(40)42-21-23-8-5-4-6-9-23/h4-6,8-9,22,24-25H,3,7,10-21H2,1-2H3,(H,32,37)(H,33,38)/t25-,31+/m1/s1. The topological polar surface area (TPSA) is 134 Å². The lowest BCUT2D eigenvalue weighted by atomic mass is 9.91. The van der Waals surface area contributed by atoms with E-state index in [-0.39, 0.29) is 49.5 Å². The number of esters is 1. The quantitative estimate of drug-likeness (QED) is 0.302. The first-order valence-electron chi connectivity index (χ1n) is 15.2. The van der Waals surface area contributed by atoms with Gasteiger partial charge in [-0.1, -0.05) is 30.3 Å². The minimum atomic E-state index is -1.66. The third-order valence-corrected chi connectivity index (χ3v) is 8.37. The van der Waals surface area contributed by atoms with Crippen molar-refractivity contribution in [3.8, 4) is 0 Å². The minimum Gasteiger partial charge on any atom is -0.463 e. The Kier molecular flexibility index (Phi) is 10.8. The first kappa shape index (κ1) is 31.3. The number of amides is 4. The Morgan fingerprint density at radius 1 is 0.857 bits per heavy atom. The molecule has 2 heterocycles. The van der Waals surface area contributed by atoms with Crippen LogP contribution in [0.5, 0.6) is 0 Å². The number of benzene rings is 1. The fourth-order valence-corrected chi connectivity index (χ4v) is 5.57. The summed E-state index contributed by atoms with van der Waals surface area (Å²) in [5.41, 5.74) is -0.716. The van der Waals surface area contributed by atoms with Gasteiger partial charge in [-0.3, -0.25) is 14.4 Å². The molecule has 0 bridgehead atoms. The second kappa shape index (κ2) is 14.5. The average Bonchev–Trinajstić information content (AvgIpc) is 3.86. The van der Waals surface area contributed by atoms with E-state index in [4.69, 9.17) is 9.47 Å². The van der Waals surface area contributed by atoms with Crippen molar-refractivity contribution < 1.29 is 33.4 Å². The van der Waals surface area contributed by atoms with Gasteiger partial charge < -0.3 is 29.9 Å². The number of nitrogens with zero attached hydrogens (tertiary/aromatic N) is 2. The zero-order valence-electron chi connectivity index (χ0n) is 24.8. The Morgan fingerprint density at radius 3 is 2.17 bits per heavy atom. The molecular formula is C31H44N4O7. The van der Waals surface area contributed by atoms with Crippen molar-refractivity contribution in [2.24, 2.45) is 17.8 Å². The molecule has 2 aliphatic heterocycles. The highest BCUT2D eigenvalue weighted by Crippen LogP contribution is 2.30. The van der Waals surface area contributed by atoms with Gasteiger partial charge in [0.1, 0.15) is 6.61 Å². The maximum Gasteiger partial charge on any atom is 0.410 e. The van der Waals surface area contributed by atoms with Crippen LogP contribution < -0.4 is 10.6 Å². The lowest BCUT2D eigenvalue weighted by molar-refractivity contribution is -0.157. The van der Waals surface area contributed by atoms with Crippen molar-refractivity contribution >= 4 is 29.8 Å². The summed E-state index contributed by atoms with van der Waals surface area (Å²) in [5, 5.41) is 5.38. The summed E-state index contributed by atoms with van der Waals surface area (Å²) in [6.07, 6.45) is 5.23. The highest BCUT2D eigenvalue weighted by atomic mass is 16.6. The molecule has 0 unspecified atom stereocenters. The van der Waals surface area contributed by atoms with E-state index in [0.717, 1.165) is 37.7 Å². The smallest absolute Gasteiger partial charge is 0.410 e. The summed E-state index contributed by atoms with van der Waals surface area (Å²) in [4.78, 5) is 67.3. The number of ether oxygens (including phenoxy) is 2. The molecule has 230 valence electrons. The number of hydrogen-bond donors (Lipinski definition) is 2. The predicted octanol–water partition coefficient (Wildman–Crippen LogP) is 2.98. The van der Waals surface area contributed by atoms with Crippen LogP contribution in [0.1, 0.15) is 70.8 Å². The molecule has 1 aliphatic carbocycles. The average molecular weight is 585 g/mol. The summed E-state index contributed by atoms with van der Waals surface area (Å²) in [5.74, 6) is -1.65. The fraction of sp³-hybridized carbons (Fsp3) is 0.645. The molecule has 11 heteroatoms. The second-order valence-corrected chi connectivity index (χ2v) is 11.8. The molecule has 4 amide bonds. The number of rotatable bonds is 11. The molecule has 1 aromatic rings. The first-order valence-corrected chi connectivity index (χ1v) is 15.2. The van der Waals surface area contributed by atoms with E-state index >= 15 is 0 Å². The lowest BCUT2D eigenvalue weighted by Crippen LogP contribution is -2.65. The van der Waals surface area contributed by atoms with E-state index in [1.165, 1.54) is 6.92 Å². The van der Waals surface area contributed by atoms with Crippen molar-refractivity contribution in [2.75, 3.05) is 32.8 Å². The number of hydrogen-bond acceptors (Lipinski definition) is 7. The van der Waals surface area contributed by atoms with Crippen molar-refractivity contribution in [3.63, 3.8) is 0 Å². The van der Waals surface area contributed by atoms with Crippen LogP contribution in [0, 0.1) is 17.8 Å². The van der Waals surface area contributed by atoms with Gasteiger partial charge in [-0.15, -0.1) is 0 Å². The molecule has 2 atom stereocenters. The molecule has 0 aromatic heterocycles. The van der Waals surface area contributed by atoms with Gasteiger partial charge in [0.2, 0.25) is 23.4 Å². The summed E-state index contributed by atoms with van der Waals surface area (Å²) in [6.45, 7) is 5.55. The Bertz CT molecular complexity index is 1120. The summed E-state index contributed by atoms with van der Waals surface area (Å²) >= 11 is 0. The summed E-state index contributed by atoms with van der Waals surface area (Å²) in [6, 6.07) is 9.58. The molecule has 42 heavy (non-hydrogen) atoms. The molecule has 0 spiro atoms. The van der Waals surface area contributed by atoms with Gasteiger partial charge in [0.15, 0.2) is 0 Å². The van der Waals surface area contributed by atoms with Crippen LogP contribution in [-0.2, 0) is 35.3 Å². The molecule has 1 aromatic carbocycles. The van der Waals surface area contributed by atoms with E-state index in [1.54, 1.807) is 16.7 Å². The van der Waals surface area contributed by atoms with Gasteiger partial charge in [-0.25, -0.2) is 9.59 Å². The largest absolute Gasteiger partial charge is 0.463 e. The lowest BCUT2D eigenvalue weighted by Gasteiger charge is -2.36. The van der Waals surface area contributed by atoms with Crippen LogP contribution in [0.4, 0.5) is 4.79 Å².